The Morgan fingerprint density at radius 3 is 2.54 bits per heavy atom. The highest BCUT2D eigenvalue weighted by Crippen LogP contribution is 2.44. The Morgan fingerprint density at radius 2 is 1.88 bits per heavy atom. The number of likely N-dealkylation sites (tertiary alicyclic amines) is 1. The summed E-state index contributed by atoms with van der Waals surface area (Å²) < 4.78 is 8.74. The lowest BCUT2D eigenvalue weighted by Crippen LogP contribution is -2.40. The smallest absolute Gasteiger partial charge is 0.213 e. The average Bonchev–Trinajstić information content (AvgIpc) is 3.19. The van der Waals surface area contributed by atoms with Crippen molar-refractivity contribution in [3.63, 3.8) is 0 Å². The lowest BCUT2D eigenvalue weighted by atomic mass is 9.77. The largest absolute Gasteiger partial charge is 0.472 e. The van der Waals surface area contributed by atoms with Crippen molar-refractivity contribution in [1.29, 1.82) is 0 Å². The van der Waals surface area contributed by atoms with Gasteiger partial charge in [0.25, 0.3) is 0 Å². The number of imidazole rings is 1. The molecule has 0 N–H and O–H groups in total. The highest BCUT2D eigenvalue weighted by atomic mass is 16.5. The van der Waals surface area contributed by atoms with Crippen LogP contribution in [-0.4, -0.2) is 44.7 Å². The maximum absolute atomic E-state index is 6.41. The van der Waals surface area contributed by atoms with E-state index in [4.69, 9.17) is 4.74 Å². The Bertz CT molecular complexity index is 741. The second-order valence-corrected chi connectivity index (χ2v) is 8.30. The van der Waals surface area contributed by atoms with Gasteiger partial charge in [0.1, 0.15) is 11.9 Å². The molecule has 1 saturated heterocycles. The number of nitrogens with zero attached hydrogens (tertiary/aromatic N) is 4. The SMILES string of the molecule is Cc1nccn1[C@H]1C[C@H]2CN(C3CCC3)C[C@H]2C[C@@H]1Oc1ccccn1. The molecule has 0 amide bonds. The fourth-order valence-corrected chi connectivity index (χ4v) is 5.21. The maximum atomic E-state index is 6.41. The fraction of sp³-hybridized carbons (Fsp3) is 0.619. The van der Waals surface area contributed by atoms with E-state index in [1.807, 2.05) is 30.6 Å². The summed E-state index contributed by atoms with van der Waals surface area (Å²) in [6.07, 6.45) is 12.5. The third kappa shape index (κ3) is 2.92. The van der Waals surface area contributed by atoms with E-state index in [-0.39, 0.29) is 6.10 Å². The molecule has 5 heteroatoms. The average molecular weight is 352 g/mol. The van der Waals surface area contributed by atoms with Crippen LogP contribution in [0.5, 0.6) is 5.88 Å². The minimum absolute atomic E-state index is 0.167. The maximum Gasteiger partial charge on any atom is 0.213 e. The van der Waals surface area contributed by atoms with Gasteiger partial charge in [0.2, 0.25) is 5.88 Å². The minimum Gasteiger partial charge on any atom is -0.472 e. The Balaban J connectivity index is 1.38. The first-order valence-electron chi connectivity index (χ1n) is 10.1. The summed E-state index contributed by atoms with van der Waals surface area (Å²) in [5, 5.41) is 0. The van der Waals surface area contributed by atoms with Gasteiger partial charge in [0.15, 0.2) is 0 Å². The van der Waals surface area contributed by atoms with Crippen molar-refractivity contribution in [1.82, 2.24) is 19.4 Å². The molecule has 2 aromatic heterocycles. The molecule has 138 valence electrons. The third-order valence-corrected chi connectivity index (χ3v) is 6.83. The number of hydrogen-bond acceptors (Lipinski definition) is 4. The van der Waals surface area contributed by atoms with E-state index < -0.39 is 0 Å². The molecule has 3 aliphatic rings. The molecule has 3 heterocycles. The molecule has 5 nitrogen and oxygen atoms in total. The van der Waals surface area contributed by atoms with Gasteiger partial charge in [-0.25, -0.2) is 9.97 Å². The van der Waals surface area contributed by atoms with E-state index in [0.717, 1.165) is 36.0 Å². The van der Waals surface area contributed by atoms with Crippen molar-refractivity contribution in [3.05, 3.63) is 42.6 Å². The summed E-state index contributed by atoms with van der Waals surface area (Å²) in [5.74, 6) is 3.36. The van der Waals surface area contributed by atoms with Crippen LogP contribution in [-0.2, 0) is 0 Å². The fourth-order valence-electron chi connectivity index (χ4n) is 5.21. The van der Waals surface area contributed by atoms with Crippen molar-refractivity contribution >= 4 is 0 Å². The molecular formula is C21H28N4O. The Labute approximate surface area is 155 Å². The van der Waals surface area contributed by atoms with Crippen LogP contribution in [0.1, 0.15) is 44.0 Å². The van der Waals surface area contributed by atoms with Crippen molar-refractivity contribution < 1.29 is 4.74 Å². The lowest BCUT2D eigenvalue weighted by Gasteiger charge is -2.38. The van der Waals surface area contributed by atoms with Crippen molar-refractivity contribution in [2.45, 2.75) is 57.2 Å². The molecule has 2 aromatic rings. The van der Waals surface area contributed by atoms with Gasteiger partial charge in [-0.1, -0.05) is 12.5 Å². The number of rotatable bonds is 4. The predicted molar refractivity (Wildman–Crippen MR) is 100 cm³/mol. The van der Waals surface area contributed by atoms with Gasteiger partial charge >= 0.3 is 0 Å². The van der Waals surface area contributed by atoms with Crippen LogP contribution in [0.15, 0.2) is 36.8 Å². The van der Waals surface area contributed by atoms with Crippen LogP contribution in [0, 0.1) is 18.8 Å². The summed E-state index contributed by atoms with van der Waals surface area (Å²) in [5.41, 5.74) is 0. The molecular weight excluding hydrogens is 324 g/mol. The highest BCUT2D eigenvalue weighted by Gasteiger charge is 2.46. The van der Waals surface area contributed by atoms with E-state index in [2.05, 4.69) is 32.6 Å². The molecule has 0 bridgehead atoms. The summed E-state index contributed by atoms with van der Waals surface area (Å²) in [6, 6.07) is 7.11. The first-order valence-corrected chi connectivity index (χ1v) is 10.1. The van der Waals surface area contributed by atoms with Crippen LogP contribution < -0.4 is 4.74 Å². The van der Waals surface area contributed by atoms with Gasteiger partial charge < -0.3 is 9.30 Å². The normalized spacial score (nSPS) is 32.2. The van der Waals surface area contributed by atoms with Crippen molar-refractivity contribution in [2.24, 2.45) is 11.8 Å². The monoisotopic (exact) mass is 352 g/mol. The van der Waals surface area contributed by atoms with Gasteiger partial charge in [0, 0.05) is 43.8 Å². The second kappa shape index (κ2) is 6.69. The number of ether oxygens (including phenoxy) is 1. The van der Waals surface area contributed by atoms with E-state index in [0.29, 0.717) is 6.04 Å². The third-order valence-electron chi connectivity index (χ3n) is 6.83. The minimum atomic E-state index is 0.167. The Morgan fingerprint density at radius 1 is 1.04 bits per heavy atom. The molecule has 3 fully saturated rings. The standard InChI is InChI=1S/C21H28N4O/c1-15-22-9-10-25(15)19-11-16-13-24(18-5-4-6-18)14-17(16)12-20(19)26-21-7-2-3-8-23-21/h2-3,7-10,16-20H,4-6,11-14H2,1H3/t16-,17+,19-,20-/m0/s1. The number of pyridine rings is 1. The zero-order valence-corrected chi connectivity index (χ0v) is 15.5. The number of aryl methyl sites for hydroxylation is 1. The topological polar surface area (TPSA) is 43.2 Å². The molecule has 4 atom stereocenters. The summed E-state index contributed by atoms with van der Waals surface area (Å²) in [6.45, 7) is 4.63. The molecule has 0 radical (unpaired) electrons. The summed E-state index contributed by atoms with van der Waals surface area (Å²) >= 11 is 0. The number of hydrogen-bond donors (Lipinski definition) is 0. The second-order valence-electron chi connectivity index (χ2n) is 8.30. The van der Waals surface area contributed by atoms with E-state index in [1.165, 1.54) is 38.8 Å². The van der Waals surface area contributed by atoms with Gasteiger partial charge in [-0.05, 0) is 50.5 Å². The summed E-state index contributed by atoms with van der Waals surface area (Å²) in [4.78, 5) is 11.6. The van der Waals surface area contributed by atoms with E-state index >= 15 is 0 Å². The first kappa shape index (κ1) is 16.3. The summed E-state index contributed by atoms with van der Waals surface area (Å²) in [7, 11) is 0. The zero-order valence-electron chi connectivity index (χ0n) is 15.5. The van der Waals surface area contributed by atoms with E-state index in [9.17, 15) is 0 Å². The molecule has 0 spiro atoms. The number of fused-ring (bicyclic) bond motifs is 1. The zero-order chi connectivity index (χ0) is 17.5. The molecule has 0 aromatic carbocycles. The molecule has 2 aliphatic carbocycles. The van der Waals surface area contributed by atoms with Crippen LogP contribution in [0.4, 0.5) is 0 Å². The van der Waals surface area contributed by atoms with Gasteiger partial charge in [-0.3, -0.25) is 4.90 Å². The Kier molecular flexibility index (Phi) is 4.20. The predicted octanol–water partition coefficient (Wildman–Crippen LogP) is 3.47. The van der Waals surface area contributed by atoms with Crippen molar-refractivity contribution in [3.8, 4) is 5.88 Å². The molecule has 5 rings (SSSR count). The van der Waals surface area contributed by atoms with Crippen molar-refractivity contribution in [2.75, 3.05) is 13.1 Å². The Hall–Kier alpha value is -1.88. The molecule has 0 unspecified atom stereocenters. The van der Waals surface area contributed by atoms with Gasteiger partial charge in [-0.15, -0.1) is 0 Å². The van der Waals surface area contributed by atoms with Crippen LogP contribution >= 0.6 is 0 Å². The van der Waals surface area contributed by atoms with Crippen LogP contribution in [0.25, 0.3) is 0 Å². The van der Waals surface area contributed by atoms with E-state index in [1.54, 1.807) is 0 Å². The quantitative estimate of drug-likeness (QED) is 0.845. The molecule has 26 heavy (non-hydrogen) atoms. The molecule has 2 saturated carbocycles. The van der Waals surface area contributed by atoms with Crippen LogP contribution in [0.2, 0.25) is 0 Å². The molecule has 1 aliphatic heterocycles. The first-order chi connectivity index (χ1) is 12.8. The highest BCUT2D eigenvalue weighted by molar-refractivity contribution is 5.11. The number of aromatic nitrogens is 3. The lowest BCUT2D eigenvalue weighted by molar-refractivity contribution is 0.0504. The van der Waals surface area contributed by atoms with Gasteiger partial charge in [0.05, 0.1) is 6.04 Å². The van der Waals surface area contributed by atoms with Crippen LogP contribution in [0.3, 0.4) is 0 Å². The van der Waals surface area contributed by atoms with Gasteiger partial charge in [-0.2, -0.15) is 0 Å².